The van der Waals surface area contributed by atoms with E-state index in [0.717, 1.165) is 12.5 Å². The highest BCUT2D eigenvalue weighted by atomic mass is 15.1. The monoisotopic (exact) mass is 228 g/mol. The van der Waals surface area contributed by atoms with E-state index in [2.05, 4.69) is 65.7 Å². The van der Waals surface area contributed by atoms with Crippen molar-refractivity contribution in [3.63, 3.8) is 0 Å². The molecule has 0 aliphatic carbocycles. The predicted molar refractivity (Wildman–Crippen MR) is 73.8 cm³/mol. The van der Waals surface area contributed by atoms with Gasteiger partial charge in [0.1, 0.15) is 0 Å². The lowest BCUT2D eigenvalue weighted by Gasteiger charge is -2.31. The summed E-state index contributed by atoms with van der Waals surface area (Å²) in [6.45, 7) is 18.1. The average molecular weight is 228 g/mol. The van der Waals surface area contributed by atoms with Gasteiger partial charge < -0.3 is 10.2 Å². The number of hydrogen-bond acceptors (Lipinski definition) is 2. The first-order chi connectivity index (χ1) is 7.13. The standard InChI is InChI=1S/C14H32N2/c1-11(2)13(4)16(8)10-12(3)9-15-14(5,6)7/h11-13,15H,9-10H2,1-8H3. The lowest BCUT2D eigenvalue weighted by Crippen LogP contribution is -2.43. The van der Waals surface area contributed by atoms with Gasteiger partial charge in [-0.1, -0.05) is 20.8 Å². The molecule has 1 N–H and O–H groups in total. The van der Waals surface area contributed by atoms with E-state index in [1.165, 1.54) is 6.54 Å². The Labute approximate surface area is 103 Å². The molecular formula is C14H32N2. The van der Waals surface area contributed by atoms with Gasteiger partial charge in [-0.15, -0.1) is 0 Å². The van der Waals surface area contributed by atoms with Crippen LogP contribution >= 0.6 is 0 Å². The minimum atomic E-state index is 0.233. The maximum atomic E-state index is 3.57. The molecule has 16 heavy (non-hydrogen) atoms. The maximum absolute atomic E-state index is 3.57. The third-order valence-corrected chi connectivity index (χ3v) is 3.24. The quantitative estimate of drug-likeness (QED) is 0.752. The molecule has 0 saturated heterocycles. The van der Waals surface area contributed by atoms with Gasteiger partial charge in [-0.25, -0.2) is 0 Å². The first-order valence-corrected chi connectivity index (χ1v) is 6.58. The summed E-state index contributed by atoms with van der Waals surface area (Å²) in [5.41, 5.74) is 0.233. The Hall–Kier alpha value is -0.0800. The highest BCUT2D eigenvalue weighted by Gasteiger charge is 2.16. The van der Waals surface area contributed by atoms with Crippen molar-refractivity contribution in [3.8, 4) is 0 Å². The molecule has 2 heteroatoms. The summed E-state index contributed by atoms with van der Waals surface area (Å²) >= 11 is 0. The van der Waals surface area contributed by atoms with Crippen LogP contribution in [0.15, 0.2) is 0 Å². The molecule has 0 aliphatic heterocycles. The fraction of sp³-hybridized carbons (Fsp3) is 1.00. The molecule has 0 rings (SSSR count). The molecule has 0 aromatic carbocycles. The predicted octanol–water partition coefficient (Wildman–Crippen LogP) is 2.99. The fourth-order valence-corrected chi connectivity index (χ4v) is 1.71. The molecule has 98 valence electrons. The zero-order valence-electron chi connectivity index (χ0n) is 12.6. The highest BCUT2D eigenvalue weighted by molar-refractivity contribution is 4.74. The Kier molecular flexibility index (Phi) is 6.57. The molecule has 0 fully saturated rings. The van der Waals surface area contributed by atoms with Crippen molar-refractivity contribution in [2.45, 2.75) is 60.0 Å². The van der Waals surface area contributed by atoms with Gasteiger partial charge in [0.15, 0.2) is 0 Å². The molecule has 2 nitrogen and oxygen atoms in total. The lowest BCUT2D eigenvalue weighted by atomic mass is 10.0. The van der Waals surface area contributed by atoms with Gasteiger partial charge in [-0.2, -0.15) is 0 Å². The molecule has 0 aliphatic rings. The van der Waals surface area contributed by atoms with Crippen molar-refractivity contribution >= 4 is 0 Å². The van der Waals surface area contributed by atoms with Gasteiger partial charge in [0.05, 0.1) is 0 Å². The molecule has 0 spiro atoms. The SMILES string of the molecule is CC(CNC(C)(C)C)CN(C)C(C)C(C)C. The van der Waals surface area contributed by atoms with Crippen molar-refractivity contribution in [2.24, 2.45) is 11.8 Å². The number of hydrogen-bond donors (Lipinski definition) is 1. The van der Waals surface area contributed by atoms with Crippen molar-refractivity contribution < 1.29 is 0 Å². The van der Waals surface area contributed by atoms with Crippen LogP contribution < -0.4 is 5.32 Å². The zero-order chi connectivity index (χ0) is 12.9. The molecule has 2 atom stereocenters. The second-order valence-electron chi connectivity index (χ2n) is 6.66. The number of nitrogens with one attached hydrogen (secondary N) is 1. The maximum Gasteiger partial charge on any atom is 0.00966 e. The molecular weight excluding hydrogens is 196 g/mol. The van der Waals surface area contributed by atoms with Crippen LogP contribution in [0.25, 0.3) is 0 Å². The van der Waals surface area contributed by atoms with Gasteiger partial charge in [0.2, 0.25) is 0 Å². The summed E-state index contributed by atoms with van der Waals surface area (Å²) in [5, 5.41) is 3.57. The zero-order valence-corrected chi connectivity index (χ0v) is 12.6. The van der Waals surface area contributed by atoms with Crippen LogP contribution in [0.5, 0.6) is 0 Å². The lowest BCUT2D eigenvalue weighted by molar-refractivity contribution is 0.179. The molecule has 0 bridgehead atoms. The van der Waals surface area contributed by atoms with Crippen LogP contribution in [0.2, 0.25) is 0 Å². The van der Waals surface area contributed by atoms with Gasteiger partial charge in [-0.3, -0.25) is 0 Å². The Bertz CT molecular complexity index is 182. The van der Waals surface area contributed by atoms with Crippen molar-refractivity contribution in [1.29, 1.82) is 0 Å². The number of rotatable bonds is 6. The first-order valence-electron chi connectivity index (χ1n) is 6.58. The molecule has 0 radical (unpaired) electrons. The molecule has 0 amide bonds. The van der Waals surface area contributed by atoms with E-state index in [1.807, 2.05) is 0 Å². The summed E-state index contributed by atoms with van der Waals surface area (Å²) < 4.78 is 0. The third kappa shape index (κ3) is 7.24. The van der Waals surface area contributed by atoms with Crippen LogP contribution in [-0.2, 0) is 0 Å². The number of nitrogens with zero attached hydrogens (tertiary/aromatic N) is 1. The van der Waals surface area contributed by atoms with Gasteiger partial charge in [0.25, 0.3) is 0 Å². The van der Waals surface area contributed by atoms with E-state index >= 15 is 0 Å². The highest BCUT2D eigenvalue weighted by Crippen LogP contribution is 2.10. The Morgan fingerprint density at radius 3 is 1.94 bits per heavy atom. The summed E-state index contributed by atoms with van der Waals surface area (Å²) in [6.07, 6.45) is 0. The minimum Gasteiger partial charge on any atom is -0.312 e. The summed E-state index contributed by atoms with van der Waals surface area (Å²) in [4.78, 5) is 2.47. The smallest absolute Gasteiger partial charge is 0.00966 e. The van der Waals surface area contributed by atoms with Crippen molar-refractivity contribution in [3.05, 3.63) is 0 Å². The van der Waals surface area contributed by atoms with Gasteiger partial charge in [-0.05, 0) is 53.1 Å². The van der Waals surface area contributed by atoms with Crippen LogP contribution in [0.3, 0.4) is 0 Å². The van der Waals surface area contributed by atoms with Crippen molar-refractivity contribution in [1.82, 2.24) is 10.2 Å². The van der Waals surface area contributed by atoms with Crippen LogP contribution in [-0.4, -0.2) is 36.6 Å². The van der Waals surface area contributed by atoms with Crippen LogP contribution in [0.4, 0.5) is 0 Å². The second-order valence-corrected chi connectivity index (χ2v) is 6.66. The van der Waals surface area contributed by atoms with E-state index in [0.29, 0.717) is 12.0 Å². The first kappa shape index (κ1) is 15.9. The Morgan fingerprint density at radius 2 is 1.56 bits per heavy atom. The average Bonchev–Trinajstić information content (AvgIpc) is 2.12. The Balaban J connectivity index is 3.91. The normalized spacial score (nSPS) is 16.9. The van der Waals surface area contributed by atoms with E-state index in [4.69, 9.17) is 0 Å². The van der Waals surface area contributed by atoms with E-state index < -0.39 is 0 Å². The summed E-state index contributed by atoms with van der Waals surface area (Å²) in [7, 11) is 2.23. The third-order valence-electron chi connectivity index (χ3n) is 3.24. The minimum absolute atomic E-state index is 0.233. The van der Waals surface area contributed by atoms with E-state index in [-0.39, 0.29) is 5.54 Å². The molecule has 0 saturated carbocycles. The molecule has 0 aromatic rings. The largest absolute Gasteiger partial charge is 0.312 e. The second kappa shape index (κ2) is 6.61. The fourth-order valence-electron chi connectivity index (χ4n) is 1.71. The molecule has 0 aromatic heterocycles. The van der Waals surface area contributed by atoms with Crippen LogP contribution in [0, 0.1) is 11.8 Å². The van der Waals surface area contributed by atoms with E-state index in [1.54, 1.807) is 0 Å². The molecule has 2 unspecified atom stereocenters. The Morgan fingerprint density at radius 1 is 1.06 bits per heavy atom. The topological polar surface area (TPSA) is 15.3 Å². The summed E-state index contributed by atoms with van der Waals surface area (Å²) in [5.74, 6) is 1.43. The summed E-state index contributed by atoms with van der Waals surface area (Å²) in [6, 6.07) is 0.664. The molecule has 0 heterocycles. The van der Waals surface area contributed by atoms with Gasteiger partial charge in [0, 0.05) is 18.1 Å². The van der Waals surface area contributed by atoms with Crippen LogP contribution in [0.1, 0.15) is 48.5 Å². The van der Waals surface area contributed by atoms with Crippen molar-refractivity contribution in [2.75, 3.05) is 20.1 Å². The van der Waals surface area contributed by atoms with E-state index in [9.17, 15) is 0 Å². The van der Waals surface area contributed by atoms with Gasteiger partial charge >= 0.3 is 0 Å².